The van der Waals surface area contributed by atoms with Crippen LogP contribution in [0.15, 0.2) is 23.8 Å². The molecule has 0 aliphatic heterocycles. The second-order valence-electron chi connectivity index (χ2n) is 2.98. The highest BCUT2D eigenvalue weighted by Crippen LogP contribution is 2.10. The van der Waals surface area contributed by atoms with Crippen LogP contribution < -0.4 is 0 Å². The van der Waals surface area contributed by atoms with Gasteiger partial charge in [-0.15, -0.1) is 0 Å². The summed E-state index contributed by atoms with van der Waals surface area (Å²) in [5.41, 5.74) is 1.13. The lowest BCUT2D eigenvalue weighted by Crippen LogP contribution is -2.19. The summed E-state index contributed by atoms with van der Waals surface area (Å²) >= 11 is 0. The van der Waals surface area contributed by atoms with Crippen LogP contribution in [0.5, 0.6) is 0 Å². The highest BCUT2D eigenvalue weighted by Gasteiger charge is 2.04. The molecule has 13 heavy (non-hydrogen) atoms. The average molecular weight is 184 g/mol. The number of hydrogen-bond donors (Lipinski definition) is 1. The minimum absolute atomic E-state index is 0.219. The van der Waals surface area contributed by atoms with Gasteiger partial charge in [-0.1, -0.05) is 18.2 Å². The van der Waals surface area contributed by atoms with Gasteiger partial charge in [0.2, 0.25) is 0 Å². The van der Waals surface area contributed by atoms with Gasteiger partial charge in [0.1, 0.15) is 0 Å². The second-order valence-corrected chi connectivity index (χ2v) is 2.98. The van der Waals surface area contributed by atoms with Gasteiger partial charge < -0.3 is 14.6 Å². The predicted molar refractivity (Wildman–Crippen MR) is 50.3 cm³/mol. The average Bonchev–Trinajstić information content (AvgIpc) is 2.17. The first-order chi connectivity index (χ1) is 6.33. The molecule has 0 radical (unpaired) electrons. The minimum Gasteiger partial charge on any atom is -0.379 e. The van der Waals surface area contributed by atoms with Crippen molar-refractivity contribution in [3.8, 4) is 0 Å². The van der Waals surface area contributed by atoms with E-state index in [0.717, 1.165) is 18.4 Å². The van der Waals surface area contributed by atoms with Gasteiger partial charge in [-0.05, 0) is 18.4 Å². The topological polar surface area (TPSA) is 38.7 Å². The molecule has 0 saturated heterocycles. The van der Waals surface area contributed by atoms with Gasteiger partial charge in [0.15, 0.2) is 6.29 Å². The van der Waals surface area contributed by atoms with E-state index in [4.69, 9.17) is 9.47 Å². The maximum absolute atomic E-state index is 9.18. The van der Waals surface area contributed by atoms with Crippen LogP contribution in [0, 0.1) is 0 Å². The summed E-state index contributed by atoms with van der Waals surface area (Å²) in [6, 6.07) is 0. The molecule has 0 aromatic carbocycles. The summed E-state index contributed by atoms with van der Waals surface area (Å²) in [6.45, 7) is 0.679. The summed E-state index contributed by atoms with van der Waals surface area (Å²) in [5, 5.41) is 9.18. The van der Waals surface area contributed by atoms with Gasteiger partial charge in [0.25, 0.3) is 0 Å². The van der Waals surface area contributed by atoms with E-state index in [1.54, 1.807) is 0 Å². The molecule has 3 heteroatoms. The van der Waals surface area contributed by atoms with Gasteiger partial charge in [0.05, 0.1) is 13.2 Å². The molecular weight excluding hydrogens is 168 g/mol. The Hall–Kier alpha value is -0.640. The van der Waals surface area contributed by atoms with Crippen molar-refractivity contribution < 1.29 is 14.6 Å². The van der Waals surface area contributed by atoms with Crippen molar-refractivity contribution in [2.75, 3.05) is 20.3 Å². The molecule has 0 saturated carbocycles. The van der Waals surface area contributed by atoms with E-state index >= 15 is 0 Å². The first-order valence-corrected chi connectivity index (χ1v) is 4.47. The Morgan fingerprint density at radius 2 is 2.38 bits per heavy atom. The zero-order valence-corrected chi connectivity index (χ0v) is 7.90. The van der Waals surface area contributed by atoms with Gasteiger partial charge in [-0.3, -0.25) is 0 Å². The Morgan fingerprint density at radius 1 is 1.54 bits per heavy atom. The highest BCUT2D eigenvalue weighted by atomic mass is 16.6. The van der Waals surface area contributed by atoms with Crippen LogP contribution in [0.25, 0.3) is 0 Å². The molecule has 0 bridgehead atoms. The molecule has 1 N–H and O–H groups in total. The van der Waals surface area contributed by atoms with E-state index in [9.17, 15) is 5.11 Å². The number of allylic oxidation sites excluding steroid dienone is 2. The Kier molecular flexibility index (Phi) is 4.75. The van der Waals surface area contributed by atoms with Crippen molar-refractivity contribution >= 4 is 0 Å². The van der Waals surface area contributed by atoms with E-state index in [1.807, 2.05) is 6.08 Å². The number of aliphatic hydroxyl groups is 1. The molecule has 3 nitrogen and oxygen atoms in total. The first kappa shape index (κ1) is 10.4. The molecule has 0 aromatic rings. The lowest BCUT2D eigenvalue weighted by molar-refractivity contribution is -0.124. The normalized spacial score (nSPS) is 18.5. The SMILES string of the molecule is COCC(O)OCC1=CCCC=C1. The molecule has 74 valence electrons. The molecule has 0 amide bonds. The molecule has 1 aliphatic carbocycles. The summed E-state index contributed by atoms with van der Waals surface area (Å²) < 4.78 is 9.86. The molecule has 0 heterocycles. The Balaban J connectivity index is 2.18. The van der Waals surface area contributed by atoms with E-state index in [1.165, 1.54) is 7.11 Å². The maximum atomic E-state index is 9.18. The third kappa shape index (κ3) is 4.22. The smallest absolute Gasteiger partial charge is 0.178 e. The first-order valence-electron chi connectivity index (χ1n) is 4.47. The fourth-order valence-electron chi connectivity index (χ4n) is 1.16. The van der Waals surface area contributed by atoms with Crippen molar-refractivity contribution in [1.29, 1.82) is 0 Å². The van der Waals surface area contributed by atoms with E-state index in [-0.39, 0.29) is 6.61 Å². The standard InChI is InChI=1S/C10H16O3/c1-12-8-10(11)13-7-9-5-3-2-4-6-9/h3,5-6,10-11H,2,4,7-8H2,1H3. The third-order valence-corrected chi connectivity index (χ3v) is 1.82. The van der Waals surface area contributed by atoms with Crippen LogP contribution in [-0.4, -0.2) is 31.7 Å². The Bertz CT molecular complexity index is 196. The maximum Gasteiger partial charge on any atom is 0.178 e. The van der Waals surface area contributed by atoms with Gasteiger partial charge in [-0.25, -0.2) is 0 Å². The van der Waals surface area contributed by atoms with Gasteiger partial charge in [0, 0.05) is 7.11 Å². The van der Waals surface area contributed by atoms with Gasteiger partial charge in [-0.2, -0.15) is 0 Å². The molecule has 0 aromatic heterocycles. The van der Waals surface area contributed by atoms with Crippen molar-refractivity contribution in [2.45, 2.75) is 19.1 Å². The lowest BCUT2D eigenvalue weighted by Gasteiger charge is -2.12. The number of methoxy groups -OCH3 is 1. The Morgan fingerprint density at radius 3 is 3.00 bits per heavy atom. The van der Waals surface area contributed by atoms with Crippen molar-refractivity contribution in [3.63, 3.8) is 0 Å². The number of hydrogen-bond acceptors (Lipinski definition) is 3. The van der Waals surface area contributed by atoms with Crippen LogP contribution in [0.3, 0.4) is 0 Å². The zero-order chi connectivity index (χ0) is 9.52. The summed E-state index contributed by atoms with van der Waals surface area (Å²) in [5.74, 6) is 0. The van der Waals surface area contributed by atoms with Crippen LogP contribution >= 0.6 is 0 Å². The van der Waals surface area contributed by atoms with E-state index in [2.05, 4.69) is 12.2 Å². The molecule has 0 fully saturated rings. The van der Waals surface area contributed by atoms with Crippen molar-refractivity contribution in [1.82, 2.24) is 0 Å². The van der Waals surface area contributed by atoms with E-state index in [0.29, 0.717) is 6.61 Å². The number of rotatable bonds is 5. The van der Waals surface area contributed by atoms with Crippen LogP contribution in [0.2, 0.25) is 0 Å². The fraction of sp³-hybridized carbons (Fsp3) is 0.600. The highest BCUT2D eigenvalue weighted by molar-refractivity contribution is 5.22. The van der Waals surface area contributed by atoms with Crippen molar-refractivity contribution in [3.05, 3.63) is 23.8 Å². The number of ether oxygens (including phenoxy) is 2. The lowest BCUT2D eigenvalue weighted by atomic mass is 10.1. The summed E-state index contributed by atoms with van der Waals surface area (Å²) in [4.78, 5) is 0. The van der Waals surface area contributed by atoms with E-state index < -0.39 is 6.29 Å². The third-order valence-electron chi connectivity index (χ3n) is 1.82. The van der Waals surface area contributed by atoms with Crippen LogP contribution in [0.1, 0.15) is 12.8 Å². The summed E-state index contributed by atoms with van der Waals surface area (Å²) in [6.07, 6.45) is 7.62. The van der Waals surface area contributed by atoms with Crippen LogP contribution in [0.4, 0.5) is 0 Å². The number of aliphatic hydroxyl groups excluding tert-OH is 1. The van der Waals surface area contributed by atoms with Crippen LogP contribution in [-0.2, 0) is 9.47 Å². The molecule has 1 atom stereocenters. The predicted octanol–water partition coefficient (Wildman–Crippen LogP) is 1.24. The van der Waals surface area contributed by atoms with Crippen molar-refractivity contribution in [2.24, 2.45) is 0 Å². The molecule has 0 spiro atoms. The Labute approximate surface area is 78.7 Å². The largest absolute Gasteiger partial charge is 0.379 e. The minimum atomic E-state index is -0.818. The zero-order valence-electron chi connectivity index (χ0n) is 7.90. The van der Waals surface area contributed by atoms with Gasteiger partial charge >= 0.3 is 0 Å². The molecule has 1 unspecified atom stereocenters. The quantitative estimate of drug-likeness (QED) is 0.653. The molecular formula is C10H16O3. The molecule has 1 aliphatic rings. The molecule has 1 rings (SSSR count). The fourth-order valence-corrected chi connectivity index (χ4v) is 1.16. The second kappa shape index (κ2) is 5.91. The monoisotopic (exact) mass is 184 g/mol. The summed E-state index contributed by atoms with van der Waals surface area (Å²) in [7, 11) is 1.53.